The lowest BCUT2D eigenvalue weighted by molar-refractivity contribution is -0.115. The normalized spacial score (nSPS) is 10.7. The summed E-state index contributed by atoms with van der Waals surface area (Å²) in [7, 11) is 0. The summed E-state index contributed by atoms with van der Waals surface area (Å²) in [5, 5.41) is 15.0. The summed E-state index contributed by atoms with van der Waals surface area (Å²) in [4.78, 5) is 12.4. The van der Waals surface area contributed by atoms with Crippen LogP contribution in [0.4, 0.5) is 5.69 Å². The Morgan fingerprint density at radius 2 is 1.74 bits per heavy atom. The van der Waals surface area contributed by atoms with Crippen molar-refractivity contribution in [3.63, 3.8) is 0 Å². The van der Waals surface area contributed by atoms with Gasteiger partial charge < -0.3 is 10.4 Å². The molecule has 0 bridgehead atoms. The van der Waals surface area contributed by atoms with Crippen molar-refractivity contribution < 1.29 is 9.90 Å². The lowest BCUT2D eigenvalue weighted by atomic mass is 10.0. The predicted molar refractivity (Wildman–Crippen MR) is 94.1 cm³/mol. The van der Waals surface area contributed by atoms with Gasteiger partial charge in [0.05, 0.1) is 6.42 Å². The number of rotatable bonds is 3. The number of hydrogen-bond acceptors (Lipinski definition) is 2. The SMILES string of the molecule is Cc1c(Cl)cccc1CC(=O)Nc1cccc2c(O)cccc12. The maximum absolute atomic E-state index is 12.4. The van der Waals surface area contributed by atoms with E-state index in [1.165, 1.54) is 0 Å². The van der Waals surface area contributed by atoms with Gasteiger partial charge in [0, 0.05) is 21.5 Å². The number of nitrogens with one attached hydrogen (secondary N) is 1. The quantitative estimate of drug-likeness (QED) is 0.734. The average Bonchev–Trinajstić information content (AvgIpc) is 2.53. The van der Waals surface area contributed by atoms with Gasteiger partial charge in [-0.1, -0.05) is 48.0 Å². The molecule has 0 saturated heterocycles. The summed E-state index contributed by atoms with van der Waals surface area (Å²) in [6.45, 7) is 1.90. The van der Waals surface area contributed by atoms with E-state index in [1.54, 1.807) is 12.1 Å². The molecular weight excluding hydrogens is 310 g/mol. The van der Waals surface area contributed by atoms with Crippen LogP contribution in [-0.4, -0.2) is 11.0 Å². The van der Waals surface area contributed by atoms with Gasteiger partial charge in [-0.25, -0.2) is 0 Å². The summed E-state index contributed by atoms with van der Waals surface area (Å²) in [5.74, 6) is 0.0792. The van der Waals surface area contributed by atoms with E-state index in [-0.39, 0.29) is 18.1 Å². The zero-order chi connectivity index (χ0) is 16.4. The molecule has 0 spiro atoms. The van der Waals surface area contributed by atoms with Crippen LogP contribution < -0.4 is 5.32 Å². The highest BCUT2D eigenvalue weighted by atomic mass is 35.5. The van der Waals surface area contributed by atoms with Gasteiger partial charge in [0.2, 0.25) is 5.91 Å². The molecular formula is C19H16ClNO2. The monoisotopic (exact) mass is 325 g/mol. The number of anilines is 1. The van der Waals surface area contributed by atoms with Crippen LogP contribution in [0, 0.1) is 6.92 Å². The molecule has 3 nitrogen and oxygen atoms in total. The van der Waals surface area contributed by atoms with E-state index in [0.717, 1.165) is 16.5 Å². The van der Waals surface area contributed by atoms with Gasteiger partial charge in [0.1, 0.15) is 5.75 Å². The number of phenolic OH excluding ortho intramolecular Hbond substituents is 1. The predicted octanol–water partition coefficient (Wildman–Crippen LogP) is 4.69. The standard InChI is InChI=1S/C19H16ClNO2/c1-12-13(5-2-8-16(12)20)11-19(23)21-17-9-3-7-15-14(17)6-4-10-18(15)22/h2-10,22H,11H2,1H3,(H,21,23). The lowest BCUT2D eigenvalue weighted by Crippen LogP contribution is -2.15. The van der Waals surface area contributed by atoms with Crippen LogP contribution in [0.2, 0.25) is 5.02 Å². The zero-order valence-electron chi connectivity index (χ0n) is 12.6. The van der Waals surface area contributed by atoms with Gasteiger partial charge in [-0.3, -0.25) is 4.79 Å². The minimum atomic E-state index is -0.119. The molecule has 2 N–H and O–H groups in total. The largest absolute Gasteiger partial charge is 0.507 e. The molecule has 116 valence electrons. The van der Waals surface area contributed by atoms with E-state index >= 15 is 0 Å². The lowest BCUT2D eigenvalue weighted by Gasteiger charge is -2.11. The highest BCUT2D eigenvalue weighted by Gasteiger charge is 2.10. The first-order valence-corrected chi connectivity index (χ1v) is 7.68. The van der Waals surface area contributed by atoms with Crippen molar-refractivity contribution in [3.05, 3.63) is 70.7 Å². The third-order valence-corrected chi connectivity index (χ3v) is 4.31. The Labute approximate surface area is 139 Å². The maximum Gasteiger partial charge on any atom is 0.228 e. The molecule has 3 aromatic rings. The zero-order valence-corrected chi connectivity index (χ0v) is 13.4. The Hall–Kier alpha value is -2.52. The van der Waals surface area contributed by atoms with Crippen molar-refractivity contribution in [1.29, 1.82) is 0 Å². The topological polar surface area (TPSA) is 49.3 Å². The molecule has 0 radical (unpaired) electrons. The number of amides is 1. The number of carbonyl (C=O) groups excluding carboxylic acids is 1. The van der Waals surface area contributed by atoms with Gasteiger partial charge in [-0.2, -0.15) is 0 Å². The first-order chi connectivity index (χ1) is 11.1. The second kappa shape index (κ2) is 6.31. The smallest absolute Gasteiger partial charge is 0.228 e. The second-order valence-corrected chi connectivity index (χ2v) is 5.83. The highest BCUT2D eigenvalue weighted by Crippen LogP contribution is 2.30. The molecule has 0 aliphatic rings. The molecule has 0 saturated carbocycles. The summed E-state index contributed by atoms with van der Waals surface area (Å²) < 4.78 is 0. The molecule has 4 heteroatoms. The van der Waals surface area contributed by atoms with Crippen LogP contribution in [0.25, 0.3) is 10.8 Å². The molecule has 3 aromatic carbocycles. The van der Waals surface area contributed by atoms with E-state index in [1.807, 2.05) is 49.4 Å². The highest BCUT2D eigenvalue weighted by molar-refractivity contribution is 6.31. The number of benzene rings is 3. The molecule has 0 aromatic heterocycles. The number of aromatic hydroxyl groups is 1. The number of halogens is 1. The Morgan fingerprint density at radius 1 is 1.04 bits per heavy atom. The Bertz CT molecular complexity index is 890. The number of fused-ring (bicyclic) bond motifs is 1. The minimum Gasteiger partial charge on any atom is -0.507 e. The fraction of sp³-hybridized carbons (Fsp3) is 0.105. The van der Waals surface area contributed by atoms with E-state index in [2.05, 4.69) is 5.32 Å². The van der Waals surface area contributed by atoms with Crippen LogP contribution in [0.3, 0.4) is 0 Å². The van der Waals surface area contributed by atoms with Gasteiger partial charge in [-0.15, -0.1) is 0 Å². The van der Waals surface area contributed by atoms with Crippen molar-refractivity contribution in [2.45, 2.75) is 13.3 Å². The van der Waals surface area contributed by atoms with E-state index < -0.39 is 0 Å². The van der Waals surface area contributed by atoms with Crippen LogP contribution in [0.5, 0.6) is 5.75 Å². The van der Waals surface area contributed by atoms with Crippen LogP contribution in [0.15, 0.2) is 54.6 Å². The first-order valence-electron chi connectivity index (χ1n) is 7.31. The minimum absolute atomic E-state index is 0.119. The van der Waals surface area contributed by atoms with Gasteiger partial charge in [0.15, 0.2) is 0 Å². The van der Waals surface area contributed by atoms with Crippen LogP contribution >= 0.6 is 11.6 Å². The number of phenols is 1. The van der Waals surface area contributed by atoms with Crippen molar-refractivity contribution in [3.8, 4) is 5.75 Å². The first kappa shape index (κ1) is 15.4. The van der Waals surface area contributed by atoms with Crippen molar-refractivity contribution in [2.24, 2.45) is 0 Å². The molecule has 0 heterocycles. The van der Waals surface area contributed by atoms with E-state index in [4.69, 9.17) is 11.6 Å². The van der Waals surface area contributed by atoms with E-state index in [0.29, 0.717) is 16.1 Å². The molecule has 3 rings (SSSR count). The third kappa shape index (κ3) is 3.15. The van der Waals surface area contributed by atoms with Crippen LogP contribution in [0.1, 0.15) is 11.1 Å². The van der Waals surface area contributed by atoms with Gasteiger partial charge >= 0.3 is 0 Å². The molecule has 0 fully saturated rings. The summed E-state index contributed by atoms with van der Waals surface area (Å²) >= 11 is 6.09. The Kier molecular flexibility index (Phi) is 4.22. The van der Waals surface area contributed by atoms with E-state index in [9.17, 15) is 9.90 Å². The van der Waals surface area contributed by atoms with Gasteiger partial charge in [0.25, 0.3) is 0 Å². The fourth-order valence-electron chi connectivity index (χ4n) is 2.61. The second-order valence-electron chi connectivity index (χ2n) is 5.43. The summed E-state index contributed by atoms with van der Waals surface area (Å²) in [6, 6.07) is 16.3. The number of hydrogen-bond donors (Lipinski definition) is 2. The van der Waals surface area contributed by atoms with Crippen molar-refractivity contribution >= 4 is 34.0 Å². The van der Waals surface area contributed by atoms with Gasteiger partial charge in [-0.05, 0) is 36.2 Å². The van der Waals surface area contributed by atoms with Crippen LogP contribution in [-0.2, 0) is 11.2 Å². The third-order valence-electron chi connectivity index (χ3n) is 3.90. The molecule has 0 aliphatic carbocycles. The van der Waals surface area contributed by atoms with Crippen molar-refractivity contribution in [1.82, 2.24) is 0 Å². The van der Waals surface area contributed by atoms with Crippen molar-refractivity contribution in [2.75, 3.05) is 5.32 Å². The molecule has 0 atom stereocenters. The molecule has 0 unspecified atom stereocenters. The maximum atomic E-state index is 12.4. The molecule has 0 aliphatic heterocycles. The molecule has 1 amide bonds. The fourth-order valence-corrected chi connectivity index (χ4v) is 2.81. The average molecular weight is 326 g/mol. The summed E-state index contributed by atoms with van der Waals surface area (Å²) in [6.07, 6.45) is 0.252. The number of carbonyl (C=O) groups is 1. The molecule has 23 heavy (non-hydrogen) atoms. The Morgan fingerprint density at radius 3 is 2.57 bits per heavy atom. The summed E-state index contributed by atoms with van der Waals surface area (Å²) in [5.41, 5.74) is 2.50. The Balaban J connectivity index is 1.86.